The molecule has 15 nitrogen and oxygen atoms in total. The van der Waals surface area contributed by atoms with E-state index >= 15 is 0 Å². The summed E-state index contributed by atoms with van der Waals surface area (Å²) < 4.78 is 55.2. The van der Waals surface area contributed by atoms with Crippen LogP contribution in [0.3, 0.4) is 0 Å². The van der Waals surface area contributed by atoms with Crippen molar-refractivity contribution >= 4 is 12.0 Å². The summed E-state index contributed by atoms with van der Waals surface area (Å²) in [5.41, 5.74) is 3.16. The molecule has 0 radical (unpaired) electrons. The molecule has 372 valence electrons. The van der Waals surface area contributed by atoms with Gasteiger partial charge < -0.3 is 57.3 Å². The second-order valence-corrected chi connectivity index (χ2v) is 19.7. The highest BCUT2D eigenvalue weighted by Gasteiger charge is 2.46. The van der Waals surface area contributed by atoms with Crippen molar-refractivity contribution in [1.29, 1.82) is 0 Å². The van der Waals surface area contributed by atoms with Gasteiger partial charge in [0.1, 0.15) is 30.4 Å². The summed E-state index contributed by atoms with van der Waals surface area (Å²) in [6.45, 7) is 12.3. The highest BCUT2D eigenvalue weighted by Crippen LogP contribution is 2.40. The number of aliphatic hydroxyl groups excluding tert-OH is 2. The predicted molar refractivity (Wildman–Crippen MR) is 251 cm³/mol. The van der Waals surface area contributed by atoms with E-state index in [0.717, 1.165) is 11.1 Å². The molecule has 15 heteroatoms. The summed E-state index contributed by atoms with van der Waals surface area (Å²) in [6, 6.07) is 0. The SMILES string of the molecule is C#CC[C@H](/C=C/C(C)=C/[C@@H](O)[C@H]1C[C@@H](OC)C[C@@](O)(Cc2nc(CC(C)[C@@H]3O[C@@H]4C/C=C/c5nc(co5)[C@H]5C[C@H](O)C[C@@H](C[C@H]6CC(=C)C[C@H](C/C=C\C(=O)O[C@@H]([C@H]4C)[C@H]3C)O6)O5)co2)O1)OC. The van der Waals surface area contributed by atoms with E-state index in [1.165, 1.54) is 6.08 Å². The Morgan fingerprint density at radius 3 is 2.59 bits per heavy atom. The molecule has 7 rings (SSSR count). The van der Waals surface area contributed by atoms with Crippen LogP contribution < -0.4 is 0 Å². The third-order valence-corrected chi connectivity index (χ3v) is 14.1. The summed E-state index contributed by atoms with van der Waals surface area (Å²) in [5, 5.41) is 33.9. The van der Waals surface area contributed by atoms with Crippen molar-refractivity contribution < 1.29 is 62.1 Å². The molecule has 16 atom stereocenters. The number of carbonyl (C=O) groups is 1. The van der Waals surface area contributed by atoms with Crippen molar-refractivity contribution in [1.82, 2.24) is 9.97 Å². The Balaban J connectivity index is 1.04. The number of rotatable bonds is 12. The van der Waals surface area contributed by atoms with E-state index in [1.807, 2.05) is 44.2 Å². The van der Waals surface area contributed by atoms with Gasteiger partial charge in [-0.15, -0.1) is 12.3 Å². The average Bonchev–Trinajstić information content (AvgIpc) is 3.95. The van der Waals surface area contributed by atoms with E-state index in [9.17, 15) is 20.1 Å². The van der Waals surface area contributed by atoms with Crippen LogP contribution in [0.2, 0.25) is 0 Å². The normalized spacial score (nSPS) is 36.4. The molecule has 4 fully saturated rings. The third-order valence-electron chi connectivity index (χ3n) is 14.1. The molecule has 2 aromatic rings. The number of ether oxygens (including phenoxy) is 7. The minimum atomic E-state index is -1.72. The number of esters is 1. The second-order valence-electron chi connectivity index (χ2n) is 19.7. The first-order valence-corrected chi connectivity index (χ1v) is 24.3. The zero-order chi connectivity index (χ0) is 48.5. The highest BCUT2D eigenvalue weighted by molar-refractivity contribution is 5.82. The number of aromatic nitrogens is 2. The average molecular weight is 945 g/mol. The lowest BCUT2D eigenvalue weighted by Crippen LogP contribution is -2.52. The lowest BCUT2D eigenvalue weighted by Gasteiger charge is -2.46. The topological polar surface area (TPSA) is 194 Å². The van der Waals surface area contributed by atoms with Gasteiger partial charge in [0, 0.05) is 64.2 Å². The first-order valence-electron chi connectivity index (χ1n) is 24.3. The summed E-state index contributed by atoms with van der Waals surface area (Å²) >= 11 is 0. The maximum atomic E-state index is 13.6. The molecular formula is C53H72N2O13. The molecule has 0 spiro atoms. The zero-order valence-electron chi connectivity index (χ0n) is 40.4. The molecule has 5 aliphatic rings. The molecule has 5 aliphatic heterocycles. The number of methoxy groups -OCH3 is 2. The Kier molecular flexibility index (Phi) is 17.9. The Morgan fingerprint density at radius 2 is 1.81 bits per heavy atom. The summed E-state index contributed by atoms with van der Waals surface area (Å²) in [7, 11) is 3.16. The number of aliphatic hydroxyl groups is 3. The quantitative estimate of drug-likeness (QED) is 0.0833. The lowest BCUT2D eigenvalue weighted by atomic mass is 9.77. The van der Waals surface area contributed by atoms with Crippen LogP contribution in [0.4, 0.5) is 0 Å². The molecule has 2 aromatic heterocycles. The van der Waals surface area contributed by atoms with Crippen molar-refractivity contribution in [2.24, 2.45) is 17.8 Å². The Labute approximate surface area is 401 Å². The molecule has 0 aromatic carbocycles. The predicted octanol–water partition coefficient (Wildman–Crippen LogP) is 7.26. The molecule has 0 saturated carbocycles. The van der Waals surface area contributed by atoms with Crippen LogP contribution >= 0.6 is 0 Å². The van der Waals surface area contributed by atoms with Gasteiger partial charge in [0.05, 0.1) is 73.2 Å². The fraction of sp³-hybridized carbons (Fsp3) is 0.642. The zero-order valence-corrected chi connectivity index (χ0v) is 40.4. The van der Waals surface area contributed by atoms with Gasteiger partial charge in [0.25, 0.3) is 0 Å². The Bertz CT molecular complexity index is 2150. The second kappa shape index (κ2) is 23.6. The van der Waals surface area contributed by atoms with Crippen molar-refractivity contribution in [3.8, 4) is 12.3 Å². The summed E-state index contributed by atoms with van der Waals surface area (Å²) in [5.74, 6) is 0.709. The van der Waals surface area contributed by atoms with E-state index in [0.29, 0.717) is 81.5 Å². The smallest absolute Gasteiger partial charge is 0.330 e. The minimum Gasteiger partial charge on any atom is -0.458 e. The van der Waals surface area contributed by atoms with E-state index in [2.05, 4.69) is 26.3 Å². The van der Waals surface area contributed by atoms with Crippen LogP contribution in [0.5, 0.6) is 0 Å². The third kappa shape index (κ3) is 13.8. The Morgan fingerprint density at radius 1 is 1.01 bits per heavy atom. The first kappa shape index (κ1) is 51.6. The molecule has 0 amide bonds. The van der Waals surface area contributed by atoms with Crippen LogP contribution in [-0.4, -0.2) is 118 Å². The lowest BCUT2D eigenvalue weighted by molar-refractivity contribution is -0.286. The van der Waals surface area contributed by atoms with Crippen molar-refractivity contribution in [2.45, 2.75) is 184 Å². The van der Waals surface area contributed by atoms with Crippen LogP contribution in [0.1, 0.15) is 121 Å². The fourth-order valence-corrected chi connectivity index (χ4v) is 10.6. The summed E-state index contributed by atoms with van der Waals surface area (Å²) in [6.07, 6.45) is 21.4. The van der Waals surface area contributed by atoms with Crippen LogP contribution in [0, 0.1) is 30.1 Å². The number of terminal acetylenes is 1. The number of hydrogen-bond donors (Lipinski definition) is 3. The largest absolute Gasteiger partial charge is 0.458 e. The number of hydrogen-bond acceptors (Lipinski definition) is 15. The summed E-state index contributed by atoms with van der Waals surface area (Å²) in [4.78, 5) is 23.1. The van der Waals surface area contributed by atoms with Crippen LogP contribution in [0.25, 0.3) is 6.08 Å². The van der Waals surface area contributed by atoms with E-state index in [1.54, 1.807) is 32.8 Å². The van der Waals surface area contributed by atoms with Gasteiger partial charge in [-0.3, -0.25) is 0 Å². The minimum absolute atomic E-state index is 0.0627. The molecular weight excluding hydrogens is 873 g/mol. The van der Waals surface area contributed by atoms with Crippen molar-refractivity contribution in [3.63, 3.8) is 0 Å². The monoisotopic (exact) mass is 945 g/mol. The number of oxazole rings is 2. The number of nitrogens with zero attached hydrogens (tertiary/aromatic N) is 2. The molecule has 1 unspecified atom stereocenters. The van der Waals surface area contributed by atoms with Crippen molar-refractivity contribution in [2.75, 3.05) is 14.2 Å². The Hall–Kier alpha value is -4.21. The molecule has 3 N–H and O–H groups in total. The first-order chi connectivity index (χ1) is 32.6. The van der Waals surface area contributed by atoms with Gasteiger partial charge in [0.2, 0.25) is 5.89 Å². The number of allylic oxidation sites excluding steroid dienone is 2. The fourth-order valence-electron chi connectivity index (χ4n) is 10.6. The van der Waals surface area contributed by atoms with Crippen LogP contribution in [0.15, 0.2) is 75.5 Å². The van der Waals surface area contributed by atoms with Crippen molar-refractivity contribution in [3.05, 3.63) is 89.9 Å². The van der Waals surface area contributed by atoms with E-state index < -0.39 is 42.3 Å². The maximum absolute atomic E-state index is 13.6. The van der Waals surface area contributed by atoms with E-state index in [-0.39, 0.29) is 79.2 Å². The molecule has 0 aliphatic carbocycles. The van der Waals surface area contributed by atoms with Gasteiger partial charge >= 0.3 is 5.97 Å². The molecule has 4 saturated heterocycles. The highest BCUT2D eigenvalue weighted by atomic mass is 16.6. The molecule has 8 bridgehead atoms. The number of fused-ring (bicyclic) bond motifs is 9. The number of carbonyl (C=O) groups excluding carboxylic acids is 1. The van der Waals surface area contributed by atoms with E-state index in [4.69, 9.17) is 58.4 Å². The standard InChI is InChI=1S/C53H72N2O13/c1-9-12-38(60-7)18-17-31(2)21-44(57)47-26-42(61-8)27-53(59,68-47)28-49-54-36(29-62-49)22-33(4)51-35(6)52-34(5)45(66-51)14-11-15-48-55-43(30-63-48)46-24-37(56)23-41(65-46)25-40-20-32(3)19-39(64-40)13-10-16-50(58)67-52/h1,10-11,15-18,21,29-30,33-35,37-42,44-47,51-52,56-57,59H,3,12-14,19-20,22-28H2,2,4-8H3/b15-11+,16-10-,18-17+,31-21+/t33?,34-,35-,37+,38+,39-,40+,41-,42+,44+,45+,46+,47+,51-,52-,53-/m0/s1. The van der Waals surface area contributed by atoms with Gasteiger partial charge in [-0.25, -0.2) is 14.8 Å². The molecule has 7 heterocycles. The van der Waals surface area contributed by atoms with Gasteiger partial charge in [-0.1, -0.05) is 68.9 Å². The van der Waals surface area contributed by atoms with Gasteiger partial charge in [0.15, 0.2) is 11.7 Å². The van der Waals surface area contributed by atoms with Gasteiger partial charge in [-0.05, 0) is 57.4 Å². The van der Waals surface area contributed by atoms with Crippen LogP contribution in [-0.2, 0) is 50.8 Å². The maximum Gasteiger partial charge on any atom is 0.330 e. The molecule has 68 heavy (non-hydrogen) atoms. The van der Waals surface area contributed by atoms with Gasteiger partial charge in [-0.2, -0.15) is 0 Å².